The average molecular weight is 463 g/mol. The molecule has 0 unspecified atom stereocenters. The highest BCUT2D eigenvalue weighted by Crippen LogP contribution is 2.36. The Morgan fingerprint density at radius 1 is 0.647 bits per heavy atom. The molecule has 2 aromatic rings. The second-order valence-electron chi connectivity index (χ2n) is 9.50. The maximum Gasteiger partial charge on any atom is 0.331 e. The van der Waals surface area contributed by atoms with Crippen molar-refractivity contribution in [3.63, 3.8) is 0 Å². The highest BCUT2D eigenvalue weighted by atomic mass is 16.4. The molecule has 0 aromatic heterocycles. The minimum atomic E-state index is -0.745. The predicted octanol–water partition coefficient (Wildman–Crippen LogP) is 7.70. The smallest absolute Gasteiger partial charge is 0.331 e. The lowest BCUT2D eigenvalue weighted by Crippen LogP contribution is -2.23. The van der Waals surface area contributed by atoms with Crippen LogP contribution >= 0.6 is 0 Å². The van der Waals surface area contributed by atoms with E-state index in [1.807, 2.05) is 48.5 Å². The lowest BCUT2D eigenvalue weighted by atomic mass is 9.78. The first-order valence-electron chi connectivity index (χ1n) is 12.9. The summed E-state index contributed by atoms with van der Waals surface area (Å²) in [5, 5.41) is 18.7. The topological polar surface area (TPSA) is 74.6 Å². The van der Waals surface area contributed by atoms with E-state index in [1.165, 1.54) is 24.8 Å². The van der Waals surface area contributed by atoms with E-state index < -0.39 is 11.9 Å². The Kier molecular flexibility index (Phi) is 10.4. The molecule has 2 aromatic carbocycles. The number of carbonyl (C=O) groups is 2. The highest BCUT2D eigenvalue weighted by molar-refractivity contribution is 5.96. The molecule has 4 nitrogen and oxygen atoms in total. The minimum Gasteiger partial charge on any atom is -0.481 e. The second kappa shape index (κ2) is 13.7. The molecule has 1 saturated carbocycles. The first-order chi connectivity index (χ1) is 16.6. The van der Waals surface area contributed by atoms with Crippen LogP contribution in [0.25, 0.3) is 5.57 Å². The van der Waals surface area contributed by atoms with Gasteiger partial charge in [-0.3, -0.25) is 4.79 Å². The minimum absolute atomic E-state index is 0.197. The van der Waals surface area contributed by atoms with Gasteiger partial charge in [-0.2, -0.15) is 0 Å². The molecular weight excluding hydrogens is 424 g/mol. The maximum absolute atomic E-state index is 11.4. The molecule has 2 atom stereocenters. The van der Waals surface area contributed by atoms with Crippen LogP contribution in [0.1, 0.15) is 94.1 Å². The summed E-state index contributed by atoms with van der Waals surface area (Å²) in [6, 6.07) is 20.1. The molecule has 2 N–H and O–H groups in total. The number of benzene rings is 2. The van der Waals surface area contributed by atoms with E-state index >= 15 is 0 Å². The van der Waals surface area contributed by atoms with E-state index in [2.05, 4.69) is 12.1 Å². The first kappa shape index (κ1) is 25.7. The molecule has 2 aliphatic rings. The van der Waals surface area contributed by atoms with Gasteiger partial charge in [-0.25, -0.2) is 4.79 Å². The van der Waals surface area contributed by atoms with Crippen LogP contribution in [0.4, 0.5) is 0 Å². The summed E-state index contributed by atoms with van der Waals surface area (Å²) in [4.78, 5) is 22.7. The van der Waals surface area contributed by atoms with Crippen LogP contribution in [0.2, 0.25) is 0 Å². The van der Waals surface area contributed by atoms with Crippen molar-refractivity contribution in [1.82, 2.24) is 0 Å². The Morgan fingerprint density at radius 2 is 1.21 bits per heavy atom. The largest absolute Gasteiger partial charge is 0.481 e. The van der Waals surface area contributed by atoms with Gasteiger partial charge in [0.2, 0.25) is 0 Å². The Balaban J connectivity index is 0.000000191. The van der Waals surface area contributed by atoms with Gasteiger partial charge in [0.05, 0.1) is 5.92 Å². The Hall–Kier alpha value is -2.88. The summed E-state index contributed by atoms with van der Waals surface area (Å²) in [5.74, 6) is -1.36. The number of rotatable bonds is 4. The summed E-state index contributed by atoms with van der Waals surface area (Å²) in [7, 11) is 0. The number of hydrogen-bond acceptors (Lipinski definition) is 2. The maximum atomic E-state index is 11.4. The molecule has 182 valence electrons. The summed E-state index contributed by atoms with van der Waals surface area (Å²) in [6.07, 6.45) is 12.5. The summed E-state index contributed by atoms with van der Waals surface area (Å²) >= 11 is 0. The summed E-state index contributed by atoms with van der Waals surface area (Å²) in [5.41, 5.74) is 3.93. The quantitative estimate of drug-likeness (QED) is 0.488. The van der Waals surface area contributed by atoms with Gasteiger partial charge >= 0.3 is 11.9 Å². The van der Waals surface area contributed by atoms with Crippen molar-refractivity contribution in [3.05, 3.63) is 77.4 Å². The fourth-order valence-electron chi connectivity index (χ4n) is 5.33. The van der Waals surface area contributed by atoms with Gasteiger partial charge < -0.3 is 10.2 Å². The fraction of sp³-hybridized carbons (Fsp3) is 0.467. The van der Waals surface area contributed by atoms with Crippen molar-refractivity contribution in [2.24, 2.45) is 5.92 Å². The van der Waals surface area contributed by atoms with Crippen LogP contribution < -0.4 is 0 Å². The Morgan fingerprint density at radius 3 is 1.82 bits per heavy atom. The number of carboxylic acid groups (broad SMARTS) is 2. The lowest BCUT2D eigenvalue weighted by molar-refractivity contribution is -0.143. The molecule has 34 heavy (non-hydrogen) atoms. The lowest BCUT2D eigenvalue weighted by Gasteiger charge is -2.26. The van der Waals surface area contributed by atoms with Gasteiger partial charge in [-0.05, 0) is 61.1 Å². The van der Waals surface area contributed by atoms with Crippen molar-refractivity contribution in [3.8, 4) is 0 Å². The molecule has 0 spiro atoms. The van der Waals surface area contributed by atoms with Crippen molar-refractivity contribution in [1.29, 1.82) is 0 Å². The third-order valence-electron chi connectivity index (χ3n) is 7.16. The van der Waals surface area contributed by atoms with E-state index in [0.29, 0.717) is 12.0 Å². The Labute approximate surface area is 203 Å². The first-order valence-corrected chi connectivity index (χ1v) is 12.9. The van der Waals surface area contributed by atoms with Crippen LogP contribution in [0, 0.1) is 5.92 Å². The Bertz CT molecular complexity index is 933. The van der Waals surface area contributed by atoms with Gasteiger partial charge in [-0.15, -0.1) is 0 Å². The van der Waals surface area contributed by atoms with Gasteiger partial charge in [0, 0.05) is 5.57 Å². The highest BCUT2D eigenvalue weighted by Gasteiger charge is 2.29. The van der Waals surface area contributed by atoms with E-state index in [9.17, 15) is 19.8 Å². The standard InChI is InChI=1S/C15H20O2.C15H18O2/c2*16-15(17)14-11-7-2-1-6-10-13(14)12-8-4-3-5-9-12/h3-5,8-9,13-14H,1-2,6-7,10-11H2,(H,16,17);3-5,8-9H,1-2,6-7,10-11H2,(H,16,17)/b;14-13-/t13-,14-;/m0./s1. The van der Waals surface area contributed by atoms with Crippen molar-refractivity contribution in [2.45, 2.75) is 83.0 Å². The number of hydrogen-bond donors (Lipinski definition) is 2. The molecule has 2 aliphatic carbocycles. The zero-order chi connectivity index (χ0) is 24.2. The van der Waals surface area contributed by atoms with Crippen LogP contribution in [0.3, 0.4) is 0 Å². The third-order valence-corrected chi connectivity index (χ3v) is 7.16. The van der Waals surface area contributed by atoms with Crippen LogP contribution in [0.5, 0.6) is 0 Å². The number of aliphatic carboxylic acids is 2. The zero-order valence-corrected chi connectivity index (χ0v) is 20.1. The molecule has 4 rings (SSSR count). The van der Waals surface area contributed by atoms with Gasteiger partial charge in [0.25, 0.3) is 0 Å². The average Bonchev–Trinajstić information content (AvgIpc) is 2.80. The van der Waals surface area contributed by atoms with Gasteiger partial charge in [-0.1, -0.05) is 99.2 Å². The fourth-order valence-corrected chi connectivity index (χ4v) is 5.33. The van der Waals surface area contributed by atoms with E-state index in [-0.39, 0.29) is 11.8 Å². The van der Waals surface area contributed by atoms with E-state index in [4.69, 9.17) is 0 Å². The van der Waals surface area contributed by atoms with Crippen LogP contribution in [-0.4, -0.2) is 22.2 Å². The molecule has 0 amide bonds. The SMILES string of the molecule is O=C(O)/C1=C(\c2ccccc2)CCCCCC1.O=C(O)[C@H]1CCCCCC[C@H]1c1ccccc1. The zero-order valence-electron chi connectivity index (χ0n) is 20.1. The third kappa shape index (κ3) is 7.58. The molecule has 1 fully saturated rings. The monoisotopic (exact) mass is 462 g/mol. The van der Waals surface area contributed by atoms with Crippen molar-refractivity contribution >= 4 is 17.5 Å². The summed E-state index contributed by atoms with van der Waals surface area (Å²) in [6.45, 7) is 0. The molecule has 0 radical (unpaired) electrons. The number of carboxylic acids is 2. The van der Waals surface area contributed by atoms with Gasteiger partial charge in [0.15, 0.2) is 0 Å². The normalized spacial score (nSPS) is 23.8. The van der Waals surface area contributed by atoms with E-state index in [0.717, 1.165) is 62.5 Å². The molecular formula is C30H38O4. The van der Waals surface area contributed by atoms with E-state index in [1.54, 1.807) is 0 Å². The predicted molar refractivity (Wildman–Crippen MR) is 137 cm³/mol. The van der Waals surface area contributed by atoms with Crippen LogP contribution in [-0.2, 0) is 9.59 Å². The second-order valence-corrected chi connectivity index (χ2v) is 9.50. The molecule has 0 saturated heterocycles. The number of allylic oxidation sites excluding steroid dienone is 1. The molecule has 0 aliphatic heterocycles. The molecule has 4 heteroatoms. The van der Waals surface area contributed by atoms with Gasteiger partial charge in [0.1, 0.15) is 0 Å². The van der Waals surface area contributed by atoms with Crippen molar-refractivity contribution < 1.29 is 19.8 Å². The van der Waals surface area contributed by atoms with Crippen LogP contribution in [0.15, 0.2) is 66.2 Å². The molecule has 0 heterocycles. The summed E-state index contributed by atoms with van der Waals surface area (Å²) < 4.78 is 0. The molecule has 0 bridgehead atoms. The van der Waals surface area contributed by atoms with Crippen molar-refractivity contribution in [2.75, 3.05) is 0 Å².